The maximum atomic E-state index is 5.25. The molecule has 0 bridgehead atoms. The second-order valence-corrected chi connectivity index (χ2v) is 4.82. The van der Waals surface area contributed by atoms with Crippen molar-refractivity contribution in [3.8, 4) is 5.75 Å². The molecular formula is C17H21NO. The van der Waals surface area contributed by atoms with E-state index in [1.165, 1.54) is 11.1 Å². The highest BCUT2D eigenvalue weighted by Gasteiger charge is 2.04. The van der Waals surface area contributed by atoms with Crippen LogP contribution in [-0.4, -0.2) is 13.2 Å². The van der Waals surface area contributed by atoms with Gasteiger partial charge in [-0.15, -0.1) is 0 Å². The lowest BCUT2D eigenvalue weighted by molar-refractivity contribution is 0.414. The van der Waals surface area contributed by atoms with Gasteiger partial charge in [0.2, 0.25) is 0 Å². The lowest BCUT2D eigenvalue weighted by atomic mass is 10.1. The van der Waals surface area contributed by atoms with Crippen molar-refractivity contribution in [3.63, 3.8) is 0 Å². The molecule has 0 radical (unpaired) electrons. The molecule has 0 aliphatic heterocycles. The summed E-state index contributed by atoms with van der Waals surface area (Å²) in [5.74, 6) is 0.924. The summed E-state index contributed by atoms with van der Waals surface area (Å²) in [6.07, 6.45) is 1.00. The van der Waals surface area contributed by atoms with Crippen molar-refractivity contribution in [1.29, 1.82) is 0 Å². The van der Waals surface area contributed by atoms with Crippen molar-refractivity contribution >= 4 is 0 Å². The van der Waals surface area contributed by atoms with Crippen molar-refractivity contribution in [2.75, 3.05) is 7.11 Å². The Bertz CT molecular complexity index is 496. The van der Waals surface area contributed by atoms with Gasteiger partial charge in [0, 0.05) is 12.6 Å². The molecule has 0 saturated heterocycles. The molecule has 0 spiro atoms. The first-order chi connectivity index (χ1) is 9.28. The number of hydrogen-bond acceptors (Lipinski definition) is 2. The molecule has 0 fully saturated rings. The normalized spacial score (nSPS) is 12.1. The van der Waals surface area contributed by atoms with Crippen LogP contribution in [0.4, 0.5) is 0 Å². The minimum absolute atomic E-state index is 0.437. The first kappa shape index (κ1) is 13.6. The topological polar surface area (TPSA) is 21.3 Å². The van der Waals surface area contributed by atoms with Crippen LogP contribution >= 0.6 is 0 Å². The van der Waals surface area contributed by atoms with Gasteiger partial charge in [-0.2, -0.15) is 0 Å². The summed E-state index contributed by atoms with van der Waals surface area (Å²) >= 11 is 0. The van der Waals surface area contributed by atoms with E-state index < -0.39 is 0 Å². The quantitative estimate of drug-likeness (QED) is 0.854. The Labute approximate surface area is 115 Å². The van der Waals surface area contributed by atoms with Crippen LogP contribution in [0.3, 0.4) is 0 Å². The van der Waals surface area contributed by atoms with E-state index in [1.54, 1.807) is 7.11 Å². The Kier molecular flexibility index (Phi) is 4.99. The van der Waals surface area contributed by atoms with Crippen LogP contribution < -0.4 is 10.1 Å². The lowest BCUT2D eigenvalue weighted by Crippen LogP contribution is -2.27. The predicted octanol–water partition coefficient (Wildman–Crippen LogP) is 3.42. The lowest BCUT2D eigenvalue weighted by Gasteiger charge is -2.14. The molecule has 0 aliphatic rings. The molecule has 2 heteroatoms. The minimum atomic E-state index is 0.437. The Morgan fingerprint density at radius 3 is 2.47 bits per heavy atom. The smallest absolute Gasteiger partial charge is 0.119 e. The highest BCUT2D eigenvalue weighted by atomic mass is 16.5. The van der Waals surface area contributed by atoms with E-state index in [4.69, 9.17) is 4.74 Å². The van der Waals surface area contributed by atoms with Crippen LogP contribution in [0.5, 0.6) is 5.75 Å². The molecule has 2 rings (SSSR count). The van der Waals surface area contributed by atoms with Gasteiger partial charge in [-0.25, -0.2) is 0 Å². The van der Waals surface area contributed by atoms with E-state index in [-0.39, 0.29) is 0 Å². The van der Waals surface area contributed by atoms with Crippen molar-refractivity contribution in [1.82, 2.24) is 5.32 Å². The van der Waals surface area contributed by atoms with Gasteiger partial charge < -0.3 is 10.1 Å². The molecule has 1 atom stereocenters. The first-order valence-corrected chi connectivity index (χ1v) is 6.68. The van der Waals surface area contributed by atoms with Crippen LogP contribution in [0.15, 0.2) is 54.6 Å². The van der Waals surface area contributed by atoms with Crippen molar-refractivity contribution < 1.29 is 4.74 Å². The zero-order valence-electron chi connectivity index (χ0n) is 11.6. The molecule has 2 aromatic carbocycles. The third-order valence-electron chi connectivity index (χ3n) is 3.17. The summed E-state index contributed by atoms with van der Waals surface area (Å²) < 4.78 is 5.25. The molecular weight excluding hydrogens is 234 g/mol. The summed E-state index contributed by atoms with van der Waals surface area (Å²) in [5.41, 5.74) is 2.62. The molecule has 0 saturated carbocycles. The fourth-order valence-corrected chi connectivity index (χ4v) is 2.11. The molecule has 0 amide bonds. The maximum absolute atomic E-state index is 5.25. The monoisotopic (exact) mass is 255 g/mol. The predicted molar refractivity (Wildman–Crippen MR) is 79.4 cm³/mol. The van der Waals surface area contributed by atoms with Crippen LogP contribution in [0.2, 0.25) is 0 Å². The van der Waals surface area contributed by atoms with E-state index in [2.05, 4.69) is 48.6 Å². The molecule has 1 unspecified atom stereocenters. The number of methoxy groups -OCH3 is 1. The van der Waals surface area contributed by atoms with Gasteiger partial charge in [-0.1, -0.05) is 42.5 Å². The van der Waals surface area contributed by atoms with Crippen LogP contribution in [0.25, 0.3) is 0 Å². The SMILES string of the molecule is COc1cccc(CC(C)NCc2ccccc2)c1. The number of benzene rings is 2. The maximum Gasteiger partial charge on any atom is 0.119 e. The number of rotatable bonds is 6. The van der Waals surface area contributed by atoms with Crippen molar-refractivity contribution in [2.45, 2.75) is 25.9 Å². The second kappa shape index (κ2) is 6.95. The standard InChI is InChI=1S/C17H21NO/c1-14(18-13-15-7-4-3-5-8-15)11-16-9-6-10-17(12-16)19-2/h3-10,12,14,18H,11,13H2,1-2H3. The third-order valence-corrected chi connectivity index (χ3v) is 3.17. The number of nitrogens with one attached hydrogen (secondary N) is 1. The molecule has 19 heavy (non-hydrogen) atoms. The van der Waals surface area contributed by atoms with E-state index in [0.717, 1.165) is 18.7 Å². The van der Waals surface area contributed by atoms with Gasteiger partial charge in [0.1, 0.15) is 5.75 Å². The van der Waals surface area contributed by atoms with Crippen LogP contribution in [-0.2, 0) is 13.0 Å². The molecule has 0 aromatic heterocycles. The molecule has 2 aromatic rings. The summed E-state index contributed by atoms with van der Waals surface area (Å²) in [7, 11) is 1.70. The van der Waals surface area contributed by atoms with Gasteiger partial charge >= 0.3 is 0 Å². The Morgan fingerprint density at radius 2 is 1.74 bits per heavy atom. The highest BCUT2D eigenvalue weighted by molar-refractivity contribution is 5.28. The highest BCUT2D eigenvalue weighted by Crippen LogP contribution is 2.14. The summed E-state index contributed by atoms with van der Waals surface area (Å²) in [6.45, 7) is 3.12. The van der Waals surface area contributed by atoms with Gasteiger partial charge in [-0.05, 0) is 36.6 Å². The van der Waals surface area contributed by atoms with E-state index in [9.17, 15) is 0 Å². The zero-order chi connectivity index (χ0) is 13.5. The molecule has 100 valence electrons. The first-order valence-electron chi connectivity index (χ1n) is 6.68. The summed E-state index contributed by atoms with van der Waals surface area (Å²) in [6, 6.07) is 19.2. The van der Waals surface area contributed by atoms with Crippen molar-refractivity contribution in [2.24, 2.45) is 0 Å². The van der Waals surface area contributed by atoms with E-state index in [1.807, 2.05) is 18.2 Å². The zero-order valence-corrected chi connectivity index (χ0v) is 11.6. The van der Waals surface area contributed by atoms with Gasteiger partial charge in [-0.3, -0.25) is 0 Å². The second-order valence-electron chi connectivity index (χ2n) is 4.82. The minimum Gasteiger partial charge on any atom is -0.497 e. The molecule has 2 nitrogen and oxygen atoms in total. The average molecular weight is 255 g/mol. The Balaban J connectivity index is 1.85. The van der Waals surface area contributed by atoms with E-state index in [0.29, 0.717) is 6.04 Å². The Morgan fingerprint density at radius 1 is 1.00 bits per heavy atom. The largest absolute Gasteiger partial charge is 0.497 e. The fourth-order valence-electron chi connectivity index (χ4n) is 2.11. The van der Waals surface area contributed by atoms with E-state index >= 15 is 0 Å². The summed E-state index contributed by atoms with van der Waals surface area (Å²) in [4.78, 5) is 0. The average Bonchev–Trinajstić information content (AvgIpc) is 2.46. The molecule has 1 N–H and O–H groups in total. The molecule has 0 aliphatic carbocycles. The number of hydrogen-bond donors (Lipinski definition) is 1. The van der Waals surface area contributed by atoms with Crippen molar-refractivity contribution in [3.05, 3.63) is 65.7 Å². The van der Waals surface area contributed by atoms with Gasteiger partial charge in [0.15, 0.2) is 0 Å². The van der Waals surface area contributed by atoms with Gasteiger partial charge in [0.05, 0.1) is 7.11 Å². The summed E-state index contributed by atoms with van der Waals surface area (Å²) in [5, 5.41) is 3.54. The van der Waals surface area contributed by atoms with Crippen LogP contribution in [0.1, 0.15) is 18.1 Å². The van der Waals surface area contributed by atoms with Gasteiger partial charge in [0.25, 0.3) is 0 Å². The van der Waals surface area contributed by atoms with Crippen LogP contribution in [0, 0.1) is 0 Å². The molecule has 0 heterocycles. The number of ether oxygens (including phenoxy) is 1. The third kappa shape index (κ3) is 4.42. The Hall–Kier alpha value is -1.80. The fraction of sp³-hybridized carbons (Fsp3) is 0.294.